The number of rotatable bonds is 7. The van der Waals surface area contributed by atoms with Gasteiger partial charge in [-0.2, -0.15) is 5.26 Å². The maximum absolute atomic E-state index is 9.16. The lowest BCUT2D eigenvalue weighted by atomic mass is 10.0. The first-order valence-electron chi connectivity index (χ1n) is 8.04. The van der Waals surface area contributed by atoms with E-state index in [0.717, 1.165) is 42.6 Å². The monoisotopic (exact) mass is 293 g/mol. The summed E-state index contributed by atoms with van der Waals surface area (Å²) in [6, 6.07) is 18.1. The molecule has 0 bridgehead atoms. The molecular formula is C20H23NO. The van der Waals surface area contributed by atoms with Gasteiger partial charge >= 0.3 is 0 Å². The van der Waals surface area contributed by atoms with E-state index in [-0.39, 0.29) is 6.10 Å². The highest BCUT2D eigenvalue weighted by Gasteiger charge is 2.13. The zero-order valence-corrected chi connectivity index (χ0v) is 13.4. The molecule has 0 heterocycles. The van der Waals surface area contributed by atoms with E-state index in [4.69, 9.17) is 10.00 Å². The van der Waals surface area contributed by atoms with Crippen LogP contribution < -0.4 is 4.74 Å². The third-order valence-electron chi connectivity index (χ3n) is 3.71. The lowest BCUT2D eigenvalue weighted by Crippen LogP contribution is -2.16. The molecule has 0 saturated carbocycles. The van der Waals surface area contributed by atoms with Crippen LogP contribution in [-0.2, 0) is 0 Å². The zero-order chi connectivity index (χ0) is 15.8. The molecule has 2 nitrogen and oxygen atoms in total. The van der Waals surface area contributed by atoms with E-state index in [9.17, 15) is 0 Å². The molecule has 0 fully saturated rings. The fraction of sp³-hybridized carbons (Fsp3) is 0.350. The van der Waals surface area contributed by atoms with Crippen LogP contribution in [0.3, 0.4) is 0 Å². The number of hydrogen-bond acceptors (Lipinski definition) is 2. The van der Waals surface area contributed by atoms with Gasteiger partial charge in [0.25, 0.3) is 0 Å². The first kappa shape index (κ1) is 16.1. The molecule has 0 atom stereocenters. The first-order chi connectivity index (χ1) is 10.8. The molecule has 0 radical (unpaired) electrons. The third kappa shape index (κ3) is 4.11. The van der Waals surface area contributed by atoms with E-state index in [1.807, 2.05) is 36.4 Å². The molecule has 0 aliphatic heterocycles. The molecule has 2 aromatic carbocycles. The van der Waals surface area contributed by atoms with Crippen LogP contribution in [0, 0.1) is 11.3 Å². The zero-order valence-electron chi connectivity index (χ0n) is 13.4. The van der Waals surface area contributed by atoms with Crippen molar-refractivity contribution >= 4 is 0 Å². The van der Waals surface area contributed by atoms with E-state index in [2.05, 4.69) is 32.0 Å². The average molecular weight is 293 g/mol. The van der Waals surface area contributed by atoms with Crippen molar-refractivity contribution in [3.8, 4) is 22.9 Å². The van der Waals surface area contributed by atoms with E-state index in [1.54, 1.807) is 0 Å². The topological polar surface area (TPSA) is 33.0 Å². The van der Waals surface area contributed by atoms with Gasteiger partial charge in [0.1, 0.15) is 5.75 Å². The SMILES string of the molecule is CCCC(CCC)Oc1cc(C#N)ccc1-c1ccccc1. The van der Waals surface area contributed by atoms with Crippen LogP contribution in [0.2, 0.25) is 0 Å². The standard InChI is InChI=1S/C20H23NO/c1-3-8-18(9-4-2)22-20-14-16(15-21)12-13-19(20)17-10-6-5-7-11-17/h5-7,10-14,18H,3-4,8-9H2,1-2H3. The molecule has 0 aliphatic rings. The van der Waals surface area contributed by atoms with Gasteiger partial charge in [-0.3, -0.25) is 0 Å². The minimum absolute atomic E-state index is 0.214. The van der Waals surface area contributed by atoms with Gasteiger partial charge in [0.15, 0.2) is 0 Å². The molecule has 2 heteroatoms. The van der Waals surface area contributed by atoms with Crippen LogP contribution in [0.5, 0.6) is 5.75 Å². The van der Waals surface area contributed by atoms with Gasteiger partial charge in [-0.15, -0.1) is 0 Å². The number of benzene rings is 2. The summed E-state index contributed by atoms with van der Waals surface area (Å²) in [5.41, 5.74) is 2.81. The number of hydrogen-bond donors (Lipinski definition) is 0. The fourth-order valence-electron chi connectivity index (χ4n) is 2.63. The summed E-state index contributed by atoms with van der Waals surface area (Å²) in [5, 5.41) is 9.16. The summed E-state index contributed by atoms with van der Waals surface area (Å²) < 4.78 is 6.27. The van der Waals surface area contributed by atoms with Crippen molar-refractivity contribution in [1.29, 1.82) is 5.26 Å². The Morgan fingerprint density at radius 3 is 2.27 bits per heavy atom. The van der Waals surface area contributed by atoms with Gasteiger partial charge < -0.3 is 4.74 Å². The molecule has 0 unspecified atom stereocenters. The summed E-state index contributed by atoms with van der Waals surface area (Å²) in [7, 11) is 0. The Kier molecular flexibility index (Phi) is 6.03. The Morgan fingerprint density at radius 1 is 1.00 bits per heavy atom. The van der Waals surface area contributed by atoms with Gasteiger partial charge in [0.05, 0.1) is 17.7 Å². The molecule has 0 spiro atoms. The summed E-state index contributed by atoms with van der Waals surface area (Å²) >= 11 is 0. The van der Waals surface area contributed by atoms with Crippen LogP contribution in [0.15, 0.2) is 48.5 Å². The Hall–Kier alpha value is -2.27. The predicted molar refractivity (Wildman–Crippen MR) is 90.8 cm³/mol. The number of nitrogens with zero attached hydrogens (tertiary/aromatic N) is 1. The van der Waals surface area contributed by atoms with Crippen LogP contribution >= 0.6 is 0 Å². The Morgan fingerprint density at radius 2 is 1.68 bits per heavy atom. The molecular weight excluding hydrogens is 270 g/mol. The summed E-state index contributed by atoms with van der Waals surface area (Å²) in [6.45, 7) is 4.35. The largest absolute Gasteiger partial charge is 0.490 e. The van der Waals surface area contributed by atoms with Crippen molar-refractivity contribution in [2.45, 2.75) is 45.6 Å². The smallest absolute Gasteiger partial charge is 0.128 e. The lowest BCUT2D eigenvalue weighted by Gasteiger charge is -2.20. The molecule has 0 amide bonds. The predicted octanol–water partition coefficient (Wildman–Crippen LogP) is 5.57. The highest BCUT2D eigenvalue weighted by molar-refractivity contribution is 5.71. The highest BCUT2D eigenvalue weighted by atomic mass is 16.5. The van der Waals surface area contributed by atoms with Crippen LogP contribution in [0.1, 0.15) is 45.1 Å². The fourth-order valence-corrected chi connectivity index (χ4v) is 2.63. The summed E-state index contributed by atoms with van der Waals surface area (Å²) in [6.07, 6.45) is 4.50. The molecule has 0 saturated heterocycles. The molecule has 0 aromatic heterocycles. The van der Waals surface area contributed by atoms with Crippen molar-refractivity contribution in [1.82, 2.24) is 0 Å². The molecule has 2 rings (SSSR count). The molecule has 0 N–H and O–H groups in total. The minimum atomic E-state index is 0.214. The van der Waals surface area contributed by atoms with Crippen molar-refractivity contribution in [3.05, 3.63) is 54.1 Å². The third-order valence-corrected chi connectivity index (χ3v) is 3.71. The maximum Gasteiger partial charge on any atom is 0.128 e. The van der Waals surface area contributed by atoms with Crippen LogP contribution in [0.4, 0.5) is 0 Å². The van der Waals surface area contributed by atoms with Crippen molar-refractivity contribution in [3.63, 3.8) is 0 Å². The number of ether oxygens (including phenoxy) is 1. The van der Waals surface area contributed by atoms with E-state index in [0.29, 0.717) is 5.56 Å². The van der Waals surface area contributed by atoms with Gasteiger partial charge in [0, 0.05) is 5.56 Å². The number of nitriles is 1. The Bertz CT molecular complexity index is 622. The maximum atomic E-state index is 9.16. The van der Waals surface area contributed by atoms with Crippen LogP contribution in [0.25, 0.3) is 11.1 Å². The molecule has 2 aromatic rings. The lowest BCUT2D eigenvalue weighted by molar-refractivity contribution is 0.179. The second-order valence-corrected chi connectivity index (χ2v) is 5.51. The second-order valence-electron chi connectivity index (χ2n) is 5.51. The summed E-state index contributed by atoms with van der Waals surface area (Å²) in [4.78, 5) is 0. The van der Waals surface area contributed by atoms with Gasteiger partial charge in [-0.05, 0) is 36.6 Å². The molecule has 114 valence electrons. The van der Waals surface area contributed by atoms with Crippen molar-refractivity contribution in [2.24, 2.45) is 0 Å². The van der Waals surface area contributed by atoms with Gasteiger partial charge in [-0.25, -0.2) is 0 Å². The molecule has 0 aliphatic carbocycles. The Labute approximate surface area is 133 Å². The average Bonchev–Trinajstić information content (AvgIpc) is 2.56. The Balaban J connectivity index is 2.36. The van der Waals surface area contributed by atoms with Gasteiger partial charge in [-0.1, -0.05) is 57.0 Å². The van der Waals surface area contributed by atoms with E-state index >= 15 is 0 Å². The molecule has 22 heavy (non-hydrogen) atoms. The van der Waals surface area contributed by atoms with E-state index < -0.39 is 0 Å². The second kappa shape index (κ2) is 8.24. The van der Waals surface area contributed by atoms with E-state index in [1.165, 1.54) is 0 Å². The first-order valence-corrected chi connectivity index (χ1v) is 8.04. The van der Waals surface area contributed by atoms with Gasteiger partial charge in [0.2, 0.25) is 0 Å². The van der Waals surface area contributed by atoms with Crippen molar-refractivity contribution in [2.75, 3.05) is 0 Å². The van der Waals surface area contributed by atoms with Crippen LogP contribution in [-0.4, -0.2) is 6.10 Å². The van der Waals surface area contributed by atoms with Crippen molar-refractivity contribution < 1.29 is 4.74 Å². The minimum Gasteiger partial charge on any atom is -0.490 e. The summed E-state index contributed by atoms with van der Waals surface area (Å²) in [5.74, 6) is 0.817. The normalized spacial score (nSPS) is 10.5. The quantitative estimate of drug-likeness (QED) is 0.668. The highest BCUT2D eigenvalue weighted by Crippen LogP contribution is 2.32.